The number of aromatic nitrogens is 1. The highest BCUT2D eigenvalue weighted by atomic mass is 15.0. The van der Waals surface area contributed by atoms with Crippen LogP contribution in [0.3, 0.4) is 0 Å². The predicted molar refractivity (Wildman–Crippen MR) is 72.1 cm³/mol. The molecular weight excluding hydrogens is 198 g/mol. The van der Waals surface area contributed by atoms with Gasteiger partial charge in [0.1, 0.15) is 5.82 Å². The van der Waals surface area contributed by atoms with Crippen LogP contribution in [0.25, 0.3) is 0 Å². The number of nitrogens with zero attached hydrogens (tertiary/aromatic N) is 2. The molecule has 1 heterocycles. The summed E-state index contributed by atoms with van der Waals surface area (Å²) in [5.41, 5.74) is 1.68. The lowest BCUT2D eigenvalue weighted by Gasteiger charge is -2.06. The summed E-state index contributed by atoms with van der Waals surface area (Å²) >= 11 is 0. The summed E-state index contributed by atoms with van der Waals surface area (Å²) < 4.78 is 0. The summed E-state index contributed by atoms with van der Waals surface area (Å²) in [6.07, 6.45) is 4.90. The molecule has 1 aromatic rings. The molecule has 86 valence electrons. The van der Waals surface area contributed by atoms with Crippen molar-refractivity contribution >= 4 is 11.5 Å². The number of hydrogen-bond acceptors (Lipinski definition) is 3. The second-order valence-corrected chi connectivity index (χ2v) is 2.55. The fourth-order valence-electron chi connectivity index (χ4n) is 1.14. The van der Waals surface area contributed by atoms with Crippen molar-refractivity contribution < 1.29 is 0 Å². The van der Waals surface area contributed by atoms with Crippen LogP contribution in [0.2, 0.25) is 0 Å². The largest absolute Gasteiger partial charge is 0.373 e. The summed E-state index contributed by atoms with van der Waals surface area (Å²) in [4.78, 5) is 8.28. The number of anilines is 1. The summed E-state index contributed by atoms with van der Waals surface area (Å²) in [6.45, 7) is 11.3. The van der Waals surface area contributed by atoms with Gasteiger partial charge in [-0.25, -0.2) is 4.98 Å². The van der Waals surface area contributed by atoms with Gasteiger partial charge in [0.2, 0.25) is 0 Å². The third-order valence-corrected chi connectivity index (χ3v) is 1.74. The van der Waals surface area contributed by atoms with Crippen LogP contribution in [0.5, 0.6) is 0 Å². The Balaban J connectivity index is 0.00000106. The molecule has 1 rings (SSSR count). The molecule has 0 radical (unpaired) electrons. The number of aliphatic imine (C=N–C) groups is 1. The quantitative estimate of drug-likeness (QED) is 0.786. The monoisotopic (exact) mass is 217 g/mol. The van der Waals surface area contributed by atoms with Crippen molar-refractivity contribution in [3.8, 4) is 0 Å². The highest BCUT2D eigenvalue weighted by molar-refractivity contribution is 6.11. The first-order valence-electron chi connectivity index (χ1n) is 5.27. The van der Waals surface area contributed by atoms with Gasteiger partial charge in [0, 0.05) is 25.0 Å². The lowest BCUT2D eigenvalue weighted by molar-refractivity contribution is 1.27. The molecule has 0 atom stereocenters. The molecule has 0 bridgehead atoms. The van der Waals surface area contributed by atoms with E-state index in [4.69, 9.17) is 0 Å². The smallest absolute Gasteiger partial charge is 0.135 e. The van der Waals surface area contributed by atoms with E-state index in [2.05, 4.69) is 28.5 Å². The maximum atomic E-state index is 4.17. The van der Waals surface area contributed by atoms with Crippen molar-refractivity contribution in [3.63, 3.8) is 0 Å². The first kappa shape index (κ1) is 14.1. The van der Waals surface area contributed by atoms with Gasteiger partial charge in [-0.05, 0) is 18.2 Å². The Morgan fingerprint density at radius 1 is 1.44 bits per heavy atom. The third kappa shape index (κ3) is 3.69. The first-order valence-corrected chi connectivity index (χ1v) is 5.27. The maximum absolute atomic E-state index is 4.17. The van der Waals surface area contributed by atoms with Gasteiger partial charge in [0.25, 0.3) is 0 Å². The van der Waals surface area contributed by atoms with E-state index in [-0.39, 0.29) is 0 Å². The molecule has 0 fully saturated rings. The van der Waals surface area contributed by atoms with E-state index < -0.39 is 0 Å². The van der Waals surface area contributed by atoms with Crippen LogP contribution in [0, 0.1) is 0 Å². The number of pyridine rings is 1. The lowest BCUT2D eigenvalue weighted by atomic mass is 10.1. The van der Waals surface area contributed by atoms with Crippen LogP contribution in [-0.4, -0.2) is 17.7 Å². The second-order valence-electron chi connectivity index (χ2n) is 2.55. The minimum atomic E-state index is 0.762. The van der Waals surface area contributed by atoms with E-state index in [1.807, 2.05) is 33.0 Å². The van der Waals surface area contributed by atoms with Crippen molar-refractivity contribution in [1.29, 1.82) is 0 Å². The highest BCUT2D eigenvalue weighted by Crippen LogP contribution is 2.12. The van der Waals surface area contributed by atoms with Gasteiger partial charge >= 0.3 is 0 Å². The van der Waals surface area contributed by atoms with Gasteiger partial charge in [-0.15, -0.1) is 0 Å². The fourth-order valence-corrected chi connectivity index (χ4v) is 1.14. The Hall–Kier alpha value is -1.90. The Morgan fingerprint density at radius 2 is 2.12 bits per heavy atom. The van der Waals surface area contributed by atoms with Crippen molar-refractivity contribution in [1.82, 2.24) is 4.98 Å². The van der Waals surface area contributed by atoms with Crippen LogP contribution >= 0.6 is 0 Å². The zero-order valence-corrected chi connectivity index (χ0v) is 10.2. The normalized spacial score (nSPS) is 9.81. The predicted octanol–water partition coefficient (Wildman–Crippen LogP) is 3.27. The Morgan fingerprint density at radius 3 is 2.62 bits per heavy atom. The Bertz CT molecular complexity index is 367. The van der Waals surface area contributed by atoms with Gasteiger partial charge < -0.3 is 5.32 Å². The van der Waals surface area contributed by atoms with Crippen LogP contribution in [0.4, 0.5) is 5.82 Å². The number of nitrogens with one attached hydrogen (secondary N) is 1. The van der Waals surface area contributed by atoms with Crippen LogP contribution in [-0.2, 0) is 0 Å². The number of rotatable bonds is 4. The summed E-state index contributed by atoms with van der Waals surface area (Å²) in [5, 5.41) is 2.99. The van der Waals surface area contributed by atoms with E-state index in [9.17, 15) is 0 Å². The van der Waals surface area contributed by atoms with Crippen LogP contribution in [0.15, 0.2) is 48.8 Å². The van der Waals surface area contributed by atoms with Gasteiger partial charge in [-0.1, -0.05) is 27.0 Å². The molecule has 16 heavy (non-hydrogen) atoms. The average Bonchev–Trinajstić information content (AvgIpc) is 2.38. The molecule has 3 nitrogen and oxygen atoms in total. The van der Waals surface area contributed by atoms with Gasteiger partial charge in [0.05, 0.1) is 5.71 Å². The second kappa shape index (κ2) is 8.41. The molecular formula is C13H19N3. The Labute approximate surface area is 97.6 Å². The molecule has 0 spiro atoms. The average molecular weight is 217 g/mol. The molecule has 1 N–H and O–H groups in total. The minimum absolute atomic E-state index is 0.762. The molecule has 0 aromatic carbocycles. The topological polar surface area (TPSA) is 37.3 Å². The minimum Gasteiger partial charge on any atom is -0.373 e. The van der Waals surface area contributed by atoms with E-state index in [0.29, 0.717) is 0 Å². The molecule has 0 saturated carbocycles. The molecule has 0 aliphatic carbocycles. The van der Waals surface area contributed by atoms with Crippen LogP contribution in [0.1, 0.15) is 19.4 Å². The summed E-state index contributed by atoms with van der Waals surface area (Å²) in [5.74, 6) is 0.785. The van der Waals surface area contributed by atoms with E-state index in [1.165, 1.54) is 6.20 Å². The zero-order chi connectivity index (χ0) is 12.4. The SMILES string of the molecule is C=CN=C(C=C)c1cccnc1NC.CC. The van der Waals surface area contributed by atoms with E-state index in [0.717, 1.165) is 17.1 Å². The summed E-state index contributed by atoms with van der Waals surface area (Å²) in [6, 6.07) is 3.79. The van der Waals surface area contributed by atoms with Gasteiger partial charge in [-0.2, -0.15) is 0 Å². The molecule has 0 aliphatic heterocycles. The van der Waals surface area contributed by atoms with Gasteiger partial charge in [-0.3, -0.25) is 4.99 Å². The van der Waals surface area contributed by atoms with Crippen molar-refractivity contribution in [3.05, 3.63) is 49.3 Å². The fraction of sp³-hybridized carbons (Fsp3) is 0.231. The molecule has 3 heteroatoms. The highest BCUT2D eigenvalue weighted by Gasteiger charge is 2.04. The van der Waals surface area contributed by atoms with Crippen molar-refractivity contribution in [2.75, 3.05) is 12.4 Å². The number of hydrogen-bond donors (Lipinski definition) is 1. The van der Waals surface area contributed by atoms with E-state index in [1.54, 1.807) is 12.3 Å². The maximum Gasteiger partial charge on any atom is 0.135 e. The third-order valence-electron chi connectivity index (χ3n) is 1.74. The standard InChI is InChI=1S/C11H13N3.C2H6/c1-4-10(13-5-2)9-7-6-8-14-11(9)12-3;1-2/h4-8H,1-2H2,3H3,(H,12,14);1-2H3. The molecule has 0 aliphatic rings. The van der Waals surface area contributed by atoms with Gasteiger partial charge in [0.15, 0.2) is 0 Å². The molecule has 0 amide bonds. The Kier molecular flexibility index (Phi) is 7.41. The lowest BCUT2D eigenvalue weighted by Crippen LogP contribution is -2.03. The summed E-state index contributed by atoms with van der Waals surface area (Å²) in [7, 11) is 1.82. The molecule has 1 aromatic heterocycles. The number of allylic oxidation sites excluding steroid dienone is 1. The molecule has 0 unspecified atom stereocenters. The van der Waals surface area contributed by atoms with Crippen molar-refractivity contribution in [2.45, 2.75) is 13.8 Å². The zero-order valence-electron chi connectivity index (χ0n) is 10.2. The molecule has 0 saturated heterocycles. The van der Waals surface area contributed by atoms with Crippen molar-refractivity contribution in [2.24, 2.45) is 4.99 Å². The first-order chi connectivity index (χ1) is 7.83. The van der Waals surface area contributed by atoms with E-state index >= 15 is 0 Å². The van der Waals surface area contributed by atoms with Crippen LogP contribution < -0.4 is 5.32 Å².